The van der Waals surface area contributed by atoms with E-state index in [-0.39, 0.29) is 21.8 Å². The number of benzene rings is 1. The third-order valence-electron chi connectivity index (χ3n) is 2.52. The van der Waals surface area contributed by atoms with Crippen molar-refractivity contribution in [2.24, 2.45) is 0 Å². The molecular weight excluding hydrogens is 276 g/mol. The number of hydrogen-bond acceptors (Lipinski definition) is 4. The average molecular weight is 287 g/mol. The summed E-state index contributed by atoms with van der Waals surface area (Å²) in [5, 5.41) is 3.79. The fraction of sp³-hybridized carbons (Fsp3) is 0.182. The van der Waals surface area contributed by atoms with E-state index in [0.717, 1.165) is 23.2 Å². The Hall–Kier alpha value is -1.96. The number of nitrogens with two attached hydrogens (primary N) is 1. The number of rotatable bonds is 3. The van der Waals surface area contributed by atoms with Crippen LogP contribution < -0.4 is 5.73 Å². The topological polar surface area (TPSA) is 78.0 Å². The van der Waals surface area contributed by atoms with Gasteiger partial charge in [-0.05, 0) is 18.2 Å². The van der Waals surface area contributed by atoms with Gasteiger partial charge in [-0.15, -0.1) is 0 Å². The summed E-state index contributed by atoms with van der Waals surface area (Å²) in [6, 6.07) is 3.96. The summed E-state index contributed by atoms with van der Waals surface area (Å²) in [6.07, 6.45) is 0.586. The van der Waals surface area contributed by atoms with Gasteiger partial charge in [-0.1, -0.05) is 0 Å². The van der Waals surface area contributed by atoms with Crippen LogP contribution in [-0.2, 0) is 9.84 Å². The van der Waals surface area contributed by atoms with E-state index in [1.807, 2.05) is 0 Å². The van der Waals surface area contributed by atoms with Gasteiger partial charge in [0.05, 0.1) is 11.9 Å². The van der Waals surface area contributed by atoms with Crippen molar-refractivity contribution in [3.63, 3.8) is 0 Å². The Morgan fingerprint density at radius 1 is 1.37 bits per heavy atom. The van der Waals surface area contributed by atoms with Crippen LogP contribution in [0.15, 0.2) is 35.5 Å². The van der Waals surface area contributed by atoms with Crippen molar-refractivity contribution in [1.82, 2.24) is 9.78 Å². The van der Waals surface area contributed by atoms with Crippen molar-refractivity contribution in [1.29, 1.82) is 0 Å². The molecule has 0 bridgehead atoms. The Labute approximate surface area is 108 Å². The molecule has 2 N–H and O–H groups in total. The smallest absolute Gasteiger partial charge is 0.266 e. The molecule has 0 radical (unpaired) electrons. The van der Waals surface area contributed by atoms with E-state index in [2.05, 4.69) is 5.10 Å². The molecule has 1 aromatic carbocycles. The predicted octanol–water partition coefficient (Wildman–Crippen LogP) is 1.80. The monoisotopic (exact) mass is 287 g/mol. The van der Waals surface area contributed by atoms with E-state index in [9.17, 15) is 17.2 Å². The standard InChI is InChI=1S/C11H11F2N3O2S/c1-19(17,18)8-5-15-16(6-8)10-3-2-7(14)4-9(10)11(12)13/h2-6,11H,14H2,1H3. The van der Waals surface area contributed by atoms with Gasteiger partial charge in [0.15, 0.2) is 9.84 Å². The molecule has 0 aliphatic rings. The number of anilines is 1. The molecule has 8 heteroatoms. The third-order valence-corrected chi connectivity index (χ3v) is 3.59. The molecule has 0 saturated carbocycles. The van der Waals surface area contributed by atoms with Crippen molar-refractivity contribution in [2.45, 2.75) is 11.3 Å². The molecule has 19 heavy (non-hydrogen) atoms. The van der Waals surface area contributed by atoms with Crippen molar-refractivity contribution >= 4 is 15.5 Å². The Morgan fingerprint density at radius 2 is 2.05 bits per heavy atom. The zero-order chi connectivity index (χ0) is 14.2. The van der Waals surface area contributed by atoms with Crippen LogP contribution in [0.5, 0.6) is 0 Å². The molecule has 0 fully saturated rings. The van der Waals surface area contributed by atoms with Crippen LogP contribution >= 0.6 is 0 Å². The summed E-state index contributed by atoms with van der Waals surface area (Å²) in [5.74, 6) is 0. The number of halogens is 2. The predicted molar refractivity (Wildman–Crippen MR) is 66.0 cm³/mol. The van der Waals surface area contributed by atoms with Crippen molar-refractivity contribution in [2.75, 3.05) is 12.0 Å². The lowest BCUT2D eigenvalue weighted by Gasteiger charge is -2.09. The van der Waals surface area contributed by atoms with Gasteiger partial charge in [0, 0.05) is 23.7 Å². The van der Waals surface area contributed by atoms with E-state index >= 15 is 0 Å². The minimum absolute atomic E-state index is 0.0375. The molecule has 2 rings (SSSR count). The summed E-state index contributed by atoms with van der Waals surface area (Å²) in [7, 11) is -3.43. The fourth-order valence-electron chi connectivity index (χ4n) is 1.59. The second-order valence-corrected chi connectivity index (χ2v) is 6.03. The number of nitrogens with zero attached hydrogens (tertiary/aromatic N) is 2. The van der Waals surface area contributed by atoms with Crippen molar-refractivity contribution in [3.8, 4) is 5.69 Å². The minimum Gasteiger partial charge on any atom is -0.399 e. The van der Waals surface area contributed by atoms with Gasteiger partial charge in [0.1, 0.15) is 4.90 Å². The first-order valence-corrected chi connectivity index (χ1v) is 7.11. The molecular formula is C11H11F2N3O2S. The maximum Gasteiger partial charge on any atom is 0.266 e. The van der Waals surface area contributed by atoms with Gasteiger partial charge in [-0.2, -0.15) is 5.10 Å². The van der Waals surface area contributed by atoms with E-state index < -0.39 is 16.3 Å². The van der Waals surface area contributed by atoms with E-state index in [1.54, 1.807) is 0 Å². The second kappa shape index (κ2) is 4.61. The molecule has 0 aliphatic carbocycles. The maximum absolute atomic E-state index is 12.9. The molecule has 1 heterocycles. The highest BCUT2D eigenvalue weighted by atomic mass is 32.2. The molecule has 0 unspecified atom stereocenters. The average Bonchev–Trinajstić information content (AvgIpc) is 2.77. The lowest BCUT2D eigenvalue weighted by atomic mass is 10.1. The highest BCUT2D eigenvalue weighted by Crippen LogP contribution is 2.28. The van der Waals surface area contributed by atoms with Gasteiger partial charge in [0.2, 0.25) is 0 Å². The highest BCUT2D eigenvalue weighted by molar-refractivity contribution is 7.90. The summed E-state index contributed by atoms with van der Waals surface area (Å²) >= 11 is 0. The van der Waals surface area contributed by atoms with Crippen LogP contribution in [-0.4, -0.2) is 24.5 Å². The van der Waals surface area contributed by atoms with Gasteiger partial charge >= 0.3 is 0 Å². The minimum atomic E-state index is -3.43. The van der Waals surface area contributed by atoms with Crippen LogP contribution in [0.1, 0.15) is 12.0 Å². The Morgan fingerprint density at radius 3 is 2.58 bits per heavy atom. The zero-order valence-electron chi connectivity index (χ0n) is 9.92. The molecule has 1 aromatic heterocycles. The van der Waals surface area contributed by atoms with Crippen LogP contribution in [0, 0.1) is 0 Å². The highest BCUT2D eigenvalue weighted by Gasteiger charge is 2.17. The molecule has 2 aromatic rings. The van der Waals surface area contributed by atoms with Crippen LogP contribution in [0.25, 0.3) is 5.69 Å². The lowest BCUT2D eigenvalue weighted by Crippen LogP contribution is -2.02. The van der Waals surface area contributed by atoms with Crippen molar-refractivity contribution in [3.05, 3.63) is 36.2 Å². The molecule has 0 atom stereocenters. The number of nitrogen functional groups attached to an aromatic ring is 1. The number of sulfone groups is 1. The van der Waals surface area contributed by atoms with Gasteiger partial charge in [0.25, 0.3) is 6.43 Å². The lowest BCUT2D eigenvalue weighted by molar-refractivity contribution is 0.151. The summed E-state index contributed by atoms with van der Waals surface area (Å²) < 4.78 is 49.6. The van der Waals surface area contributed by atoms with Crippen LogP contribution in [0.4, 0.5) is 14.5 Å². The fourth-order valence-corrected chi connectivity index (χ4v) is 2.12. The Kier molecular flexibility index (Phi) is 3.27. The van der Waals surface area contributed by atoms with Crippen molar-refractivity contribution < 1.29 is 17.2 Å². The number of hydrogen-bond donors (Lipinski definition) is 1. The first kappa shape index (κ1) is 13.5. The Balaban J connectivity index is 2.56. The first-order chi connectivity index (χ1) is 8.79. The molecule has 0 saturated heterocycles. The van der Waals surface area contributed by atoms with Crippen LogP contribution in [0.3, 0.4) is 0 Å². The van der Waals surface area contributed by atoms with E-state index in [0.29, 0.717) is 0 Å². The summed E-state index contributed by atoms with van der Waals surface area (Å²) in [4.78, 5) is -0.0375. The third kappa shape index (κ3) is 2.73. The SMILES string of the molecule is CS(=O)(=O)c1cnn(-c2ccc(N)cc2C(F)F)c1. The second-order valence-electron chi connectivity index (χ2n) is 4.01. The number of aromatic nitrogens is 2. The summed E-state index contributed by atoms with van der Waals surface area (Å²) in [5.41, 5.74) is 5.46. The van der Waals surface area contributed by atoms with Gasteiger partial charge in [-0.3, -0.25) is 0 Å². The van der Waals surface area contributed by atoms with E-state index in [4.69, 9.17) is 5.73 Å². The molecule has 5 nitrogen and oxygen atoms in total. The van der Waals surface area contributed by atoms with Crippen LogP contribution in [0.2, 0.25) is 0 Å². The molecule has 0 amide bonds. The molecule has 0 spiro atoms. The van der Waals surface area contributed by atoms with Gasteiger partial charge in [-0.25, -0.2) is 21.9 Å². The normalized spacial score (nSPS) is 12.0. The molecule has 0 aliphatic heterocycles. The zero-order valence-corrected chi connectivity index (χ0v) is 10.7. The largest absolute Gasteiger partial charge is 0.399 e. The van der Waals surface area contributed by atoms with E-state index in [1.165, 1.54) is 18.3 Å². The van der Waals surface area contributed by atoms with Gasteiger partial charge < -0.3 is 5.73 Å². The summed E-state index contributed by atoms with van der Waals surface area (Å²) in [6.45, 7) is 0. The quantitative estimate of drug-likeness (QED) is 0.873. The molecule has 102 valence electrons. The maximum atomic E-state index is 12.9. The number of alkyl halides is 2. The Bertz CT molecular complexity index is 710. The first-order valence-electron chi connectivity index (χ1n) is 5.21.